The van der Waals surface area contributed by atoms with Crippen molar-refractivity contribution < 1.29 is 9.66 Å². The molecule has 0 aliphatic carbocycles. The third-order valence-electron chi connectivity index (χ3n) is 3.56. The van der Waals surface area contributed by atoms with E-state index in [1.165, 1.54) is 6.20 Å². The minimum atomic E-state index is -0.423. The molecular weight excluding hydrogens is 294 g/mol. The van der Waals surface area contributed by atoms with Gasteiger partial charge in [-0.15, -0.1) is 0 Å². The lowest BCUT2D eigenvalue weighted by molar-refractivity contribution is -0.384. The Labute approximate surface area is 132 Å². The second-order valence-corrected chi connectivity index (χ2v) is 5.00. The summed E-state index contributed by atoms with van der Waals surface area (Å²) in [6.45, 7) is 0.450. The zero-order valence-corrected chi connectivity index (χ0v) is 12.5. The number of fused-ring (bicyclic) bond motifs is 1. The van der Waals surface area contributed by atoms with Crippen molar-refractivity contribution in [1.29, 1.82) is 0 Å². The molecule has 2 aromatic carbocycles. The highest BCUT2D eigenvalue weighted by molar-refractivity contribution is 5.95. The molecule has 1 N–H and O–H groups in total. The minimum absolute atomic E-state index is 0.0356. The Morgan fingerprint density at radius 1 is 1.22 bits per heavy atom. The van der Waals surface area contributed by atoms with Crippen LogP contribution < -0.4 is 10.1 Å². The summed E-state index contributed by atoms with van der Waals surface area (Å²) >= 11 is 0. The van der Waals surface area contributed by atoms with Crippen molar-refractivity contribution in [2.24, 2.45) is 0 Å². The van der Waals surface area contributed by atoms with Crippen LogP contribution in [0.4, 0.5) is 11.4 Å². The molecule has 0 amide bonds. The third-order valence-corrected chi connectivity index (χ3v) is 3.56. The van der Waals surface area contributed by atoms with E-state index in [2.05, 4.69) is 10.3 Å². The number of benzene rings is 2. The van der Waals surface area contributed by atoms with Gasteiger partial charge in [-0.25, -0.2) is 4.98 Å². The second-order valence-electron chi connectivity index (χ2n) is 5.00. The molecule has 0 radical (unpaired) electrons. The van der Waals surface area contributed by atoms with Gasteiger partial charge < -0.3 is 10.1 Å². The summed E-state index contributed by atoms with van der Waals surface area (Å²) in [5.41, 5.74) is 2.13. The number of para-hydroxylation sites is 1. The Balaban J connectivity index is 1.97. The topological polar surface area (TPSA) is 77.3 Å². The van der Waals surface area contributed by atoms with Crippen molar-refractivity contribution in [3.05, 3.63) is 70.4 Å². The SMILES string of the molecule is COc1cccc(CNc2c([N+](=O)[O-])cnc3ccccc23)c1. The Kier molecular flexibility index (Phi) is 4.05. The van der Waals surface area contributed by atoms with Crippen molar-refractivity contribution in [1.82, 2.24) is 4.98 Å². The van der Waals surface area contributed by atoms with Gasteiger partial charge in [0.05, 0.1) is 17.5 Å². The molecule has 1 aromatic heterocycles. The Morgan fingerprint density at radius 2 is 2.04 bits per heavy atom. The molecule has 0 bridgehead atoms. The van der Waals surface area contributed by atoms with Crippen LogP contribution in [0.25, 0.3) is 10.9 Å². The van der Waals surface area contributed by atoms with Crippen LogP contribution in [0.1, 0.15) is 5.56 Å². The van der Waals surface area contributed by atoms with E-state index in [1.54, 1.807) is 7.11 Å². The van der Waals surface area contributed by atoms with Crippen LogP contribution in [-0.4, -0.2) is 17.0 Å². The molecule has 0 aliphatic heterocycles. The number of methoxy groups -OCH3 is 1. The van der Waals surface area contributed by atoms with Gasteiger partial charge in [-0.2, -0.15) is 0 Å². The molecule has 0 aliphatic rings. The normalized spacial score (nSPS) is 10.5. The van der Waals surface area contributed by atoms with Crippen molar-refractivity contribution in [3.63, 3.8) is 0 Å². The van der Waals surface area contributed by atoms with Gasteiger partial charge in [0.25, 0.3) is 0 Å². The molecule has 3 rings (SSSR count). The number of aromatic nitrogens is 1. The zero-order valence-electron chi connectivity index (χ0n) is 12.5. The summed E-state index contributed by atoms with van der Waals surface area (Å²) < 4.78 is 5.19. The van der Waals surface area contributed by atoms with E-state index < -0.39 is 4.92 Å². The minimum Gasteiger partial charge on any atom is -0.497 e. The number of nitrogens with one attached hydrogen (secondary N) is 1. The lowest BCUT2D eigenvalue weighted by atomic mass is 10.1. The maximum Gasteiger partial charge on any atom is 0.311 e. The molecule has 0 fully saturated rings. The fourth-order valence-corrected chi connectivity index (χ4v) is 2.43. The molecule has 23 heavy (non-hydrogen) atoms. The first-order chi connectivity index (χ1) is 11.2. The van der Waals surface area contributed by atoms with Crippen LogP contribution in [0.2, 0.25) is 0 Å². The van der Waals surface area contributed by atoms with E-state index in [9.17, 15) is 10.1 Å². The van der Waals surface area contributed by atoms with E-state index in [0.717, 1.165) is 16.7 Å². The number of hydrogen-bond acceptors (Lipinski definition) is 5. The molecular formula is C17H15N3O3. The number of anilines is 1. The van der Waals surface area contributed by atoms with E-state index >= 15 is 0 Å². The van der Waals surface area contributed by atoms with Gasteiger partial charge in [0.2, 0.25) is 0 Å². The van der Waals surface area contributed by atoms with E-state index in [-0.39, 0.29) is 5.69 Å². The molecule has 0 saturated carbocycles. The highest BCUT2D eigenvalue weighted by atomic mass is 16.6. The van der Waals surface area contributed by atoms with Crippen LogP contribution in [-0.2, 0) is 6.54 Å². The number of rotatable bonds is 5. The van der Waals surface area contributed by atoms with Crippen molar-refractivity contribution >= 4 is 22.3 Å². The Bertz CT molecular complexity index is 865. The van der Waals surface area contributed by atoms with Crippen LogP contribution in [0, 0.1) is 10.1 Å². The van der Waals surface area contributed by atoms with E-state index in [4.69, 9.17) is 4.74 Å². The molecule has 6 heteroatoms. The average Bonchev–Trinajstić information content (AvgIpc) is 2.59. The molecule has 116 valence electrons. The predicted molar refractivity (Wildman–Crippen MR) is 88.7 cm³/mol. The van der Waals surface area contributed by atoms with Crippen LogP contribution in [0.5, 0.6) is 5.75 Å². The monoisotopic (exact) mass is 309 g/mol. The maximum atomic E-state index is 11.3. The summed E-state index contributed by atoms with van der Waals surface area (Å²) in [5.74, 6) is 0.749. The van der Waals surface area contributed by atoms with Gasteiger partial charge >= 0.3 is 5.69 Å². The van der Waals surface area contributed by atoms with Crippen LogP contribution >= 0.6 is 0 Å². The van der Waals surface area contributed by atoms with Gasteiger partial charge in [-0.3, -0.25) is 10.1 Å². The fraction of sp³-hybridized carbons (Fsp3) is 0.118. The summed E-state index contributed by atoms with van der Waals surface area (Å²) in [6, 6.07) is 14.9. The number of nitrogens with zero attached hydrogens (tertiary/aromatic N) is 2. The molecule has 1 heterocycles. The Morgan fingerprint density at radius 3 is 2.83 bits per heavy atom. The predicted octanol–water partition coefficient (Wildman–Crippen LogP) is 3.76. The first-order valence-corrected chi connectivity index (χ1v) is 7.08. The van der Waals surface area contributed by atoms with Crippen LogP contribution in [0.3, 0.4) is 0 Å². The highest BCUT2D eigenvalue weighted by Gasteiger charge is 2.17. The molecule has 0 atom stereocenters. The van der Waals surface area contributed by atoms with Gasteiger partial charge in [0, 0.05) is 11.9 Å². The largest absolute Gasteiger partial charge is 0.497 e. The fourth-order valence-electron chi connectivity index (χ4n) is 2.43. The number of ether oxygens (including phenoxy) is 1. The molecule has 3 aromatic rings. The summed E-state index contributed by atoms with van der Waals surface area (Å²) in [7, 11) is 1.60. The zero-order chi connectivity index (χ0) is 16.2. The number of nitro groups is 1. The van der Waals surface area contributed by atoms with Crippen molar-refractivity contribution in [2.45, 2.75) is 6.54 Å². The standard InChI is InChI=1S/C17H15N3O3/c1-23-13-6-4-5-12(9-13)10-19-17-14-7-2-3-8-15(14)18-11-16(17)20(21)22/h2-9,11H,10H2,1H3,(H,18,19). The quantitative estimate of drug-likeness (QED) is 0.573. The molecule has 6 nitrogen and oxygen atoms in total. The first kappa shape index (κ1) is 14.8. The first-order valence-electron chi connectivity index (χ1n) is 7.08. The van der Waals surface area contributed by atoms with Crippen molar-refractivity contribution in [3.8, 4) is 5.75 Å². The molecule has 0 unspecified atom stereocenters. The molecule has 0 saturated heterocycles. The second kappa shape index (κ2) is 6.31. The number of hydrogen-bond donors (Lipinski definition) is 1. The number of pyridine rings is 1. The Hall–Kier alpha value is -3.15. The highest BCUT2D eigenvalue weighted by Crippen LogP contribution is 2.31. The summed E-state index contributed by atoms with van der Waals surface area (Å²) in [5, 5.41) is 15.2. The third kappa shape index (κ3) is 3.06. The van der Waals surface area contributed by atoms with Crippen LogP contribution in [0.15, 0.2) is 54.7 Å². The average molecular weight is 309 g/mol. The summed E-state index contributed by atoms with van der Waals surface area (Å²) in [6.07, 6.45) is 1.29. The van der Waals surface area contributed by atoms with Crippen molar-refractivity contribution in [2.75, 3.05) is 12.4 Å². The maximum absolute atomic E-state index is 11.3. The van der Waals surface area contributed by atoms with Gasteiger partial charge in [-0.05, 0) is 23.8 Å². The lowest BCUT2D eigenvalue weighted by Gasteiger charge is -2.11. The smallest absolute Gasteiger partial charge is 0.311 e. The lowest BCUT2D eigenvalue weighted by Crippen LogP contribution is -2.04. The van der Waals surface area contributed by atoms with E-state index in [0.29, 0.717) is 17.7 Å². The molecule has 0 spiro atoms. The van der Waals surface area contributed by atoms with Gasteiger partial charge in [-0.1, -0.05) is 30.3 Å². The van der Waals surface area contributed by atoms with E-state index in [1.807, 2.05) is 48.5 Å². The van der Waals surface area contributed by atoms with Gasteiger partial charge in [0.15, 0.2) is 0 Å². The summed E-state index contributed by atoms with van der Waals surface area (Å²) in [4.78, 5) is 15.0. The van der Waals surface area contributed by atoms with Gasteiger partial charge in [0.1, 0.15) is 17.6 Å².